The maximum absolute atomic E-state index is 9.60. The van der Waals surface area contributed by atoms with Crippen molar-refractivity contribution in [3.8, 4) is 28.6 Å². The monoisotopic (exact) mass is 489 g/mol. The van der Waals surface area contributed by atoms with E-state index in [1.807, 2.05) is 103 Å². The minimum Gasteiger partial charge on any atom is -0.192 e. The number of tetrazole rings is 1. The highest BCUT2D eigenvalue weighted by atomic mass is 15.6. The zero-order chi connectivity index (χ0) is 25.8. The molecule has 0 amide bonds. The van der Waals surface area contributed by atoms with Gasteiger partial charge in [0, 0.05) is 5.56 Å². The van der Waals surface area contributed by atoms with Crippen molar-refractivity contribution in [1.82, 2.24) is 20.2 Å². The first kappa shape index (κ1) is 23.1. The molecule has 6 aromatic rings. The number of nitrogens with zero attached hydrogens (tertiary/aromatic N) is 5. The summed E-state index contributed by atoms with van der Waals surface area (Å²) in [4.78, 5) is 1.72. The summed E-state index contributed by atoms with van der Waals surface area (Å²) < 4.78 is 0. The zero-order valence-electron chi connectivity index (χ0n) is 20.5. The van der Waals surface area contributed by atoms with Gasteiger partial charge in [-0.3, -0.25) is 0 Å². The fourth-order valence-corrected chi connectivity index (χ4v) is 5.01. The van der Waals surface area contributed by atoms with Crippen LogP contribution in [0.15, 0.2) is 140 Å². The lowest BCUT2D eigenvalue weighted by molar-refractivity contribution is 0.396. The number of hydrogen-bond donors (Lipinski definition) is 0. The lowest BCUT2D eigenvalue weighted by atomic mass is 9.77. The Balaban J connectivity index is 1.55. The third kappa shape index (κ3) is 3.95. The molecular weight excluding hydrogens is 466 g/mol. The Morgan fingerprint density at radius 2 is 1.11 bits per heavy atom. The van der Waals surface area contributed by atoms with Crippen molar-refractivity contribution in [1.29, 1.82) is 5.26 Å². The molecule has 5 aromatic carbocycles. The van der Waals surface area contributed by atoms with Gasteiger partial charge in [-0.1, -0.05) is 127 Å². The molecule has 180 valence electrons. The van der Waals surface area contributed by atoms with E-state index in [1.54, 1.807) is 4.80 Å². The smallest absolute Gasteiger partial charge is 0.192 e. The molecule has 1 heterocycles. The molecule has 6 rings (SSSR count). The normalized spacial score (nSPS) is 11.1. The van der Waals surface area contributed by atoms with Crippen molar-refractivity contribution < 1.29 is 0 Å². The molecule has 0 radical (unpaired) electrons. The van der Waals surface area contributed by atoms with E-state index in [0.29, 0.717) is 11.4 Å². The number of nitriles is 1. The van der Waals surface area contributed by atoms with E-state index in [4.69, 9.17) is 5.10 Å². The molecule has 0 aliphatic heterocycles. The van der Waals surface area contributed by atoms with Crippen molar-refractivity contribution in [3.63, 3.8) is 0 Å². The predicted molar refractivity (Wildman–Crippen MR) is 148 cm³/mol. The second kappa shape index (κ2) is 9.96. The molecule has 0 N–H and O–H groups in total. The van der Waals surface area contributed by atoms with Crippen LogP contribution in [-0.2, 0) is 5.54 Å². The molecule has 5 nitrogen and oxygen atoms in total. The van der Waals surface area contributed by atoms with Crippen LogP contribution in [0.5, 0.6) is 0 Å². The summed E-state index contributed by atoms with van der Waals surface area (Å²) in [6, 6.07) is 48.6. The second-order valence-electron chi connectivity index (χ2n) is 8.95. The van der Waals surface area contributed by atoms with Crippen molar-refractivity contribution in [2.24, 2.45) is 0 Å². The summed E-state index contributed by atoms with van der Waals surface area (Å²) in [7, 11) is 0. The van der Waals surface area contributed by atoms with Crippen molar-refractivity contribution in [3.05, 3.63) is 162 Å². The van der Waals surface area contributed by atoms with Crippen LogP contribution >= 0.6 is 0 Å². The molecule has 0 atom stereocenters. The Hall–Kier alpha value is -5.34. The Bertz CT molecular complexity index is 1620. The predicted octanol–water partition coefficient (Wildman–Crippen LogP) is 6.72. The molecule has 0 saturated carbocycles. The van der Waals surface area contributed by atoms with Crippen molar-refractivity contribution in [2.45, 2.75) is 5.54 Å². The maximum atomic E-state index is 9.60. The summed E-state index contributed by atoms with van der Waals surface area (Å²) in [6.45, 7) is 0. The number of benzene rings is 5. The van der Waals surface area contributed by atoms with Crippen molar-refractivity contribution in [2.75, 3.05) is 0 Å². The minimum absolute atomic E-state index is 0.508. The third-order valence-electron chi connectivity index (χ3n) is 6.77. The van der Waals surface area contributed by atoms with Crippen LogP contribution in [0.3, 0.4) is 0 Å². The SMILES string of the molecule is N#Cc1ccccc1-c1cccc(-c2nnn(C(c3ccccc3)(c3ccccc3)c3ccccc3)n2)c1. The highest BCUT2D eigenvalue weighted by Gasteiger charge is 2.41. The van der Waals surface area contributed by atoms with Crippen LogP contribution in [-0.4, -0.2) is 20.2 Å². The Morgan fingerprint density at radius 1 is 0.579 bits per heavy atom. The molecule has 0 aliphatic carbocycles. The molecule has 38 heavy (non-hydrogen) atoms. The number of aromatic nitrogens is 4. The zero-order valence-corrected chi connectivity index (χ0v) is 20.5. The van der Waals surface area contributed by atoms with E-state index in [2.05, 4.69) is 52.8 Å². The first-order valence-electron chi connectivity index (χ1n) is 12.4. The van der Waals surface area contributed by atoms with Gasteiger partial charge in [0.05, 0.1) is 11.6 Å². The van der Waals surface area contributed by atoms with E-state index < -0.39 is 5.54 Å². The molecule has 0 saturated heterocycles. The summed E-state index contributed by atoms with van der Waals surface area (Å²) >= 11 is 0. The summed E-state index contributed by atoms with van der Waals surface area (Å²) in [5.74, 6) is 0.508. The van der Waals surface area contributed by atoms with E-state index in [9.17, 15) is 5.26 Å². The first-order valence-corrected chi connectivity index (χ1v) is 12.4. The largest absolute Gasteiger partial charge is 0.205 e. The van der Waals surface area contributed by atoms with E-state index in [0.717, 1.165) is 33.4 Å². The van der Waals surface area contributed by atoms with Crippen LogP contribution in [0.25, 0.3) is 22.5 Å². The van der Waals surface area contributed by atoms with Gasteiger partial charge in [0.2, 0.25) is 5.82 Å². The van der Waals surface area contributed by atoms with Crippen LogP contribution in [0.2, 0.25) is 0 Å². The van der Waals surface area contributed by atoms with E-state index in [1.165, 1.54) is 0 Å². The quantitative estimate of drug-likeness (QED) is 0.244. The lowest BCUT2D eigenvalue weighted by Crippen LogP contribution is -2.39. The standard InChI is InChI=1S/C33H23N5/c34-24-27-13-10-11-22-31(27)25-14-12-15-26(23-25)32-35-37-38(36-32)33(28-16-4-1-5-17-28,29-18-6-2-7-19-29)30-20-8-3-9-21-30/h1-23H. The highest BCUT2D eigenvalue weighted by Crippen LogP contribution is 2.40. The molecule has 0 unspecified atom stereocenters. The van der Waals surface area contributed by atoms with E-state index >= 15 is 0 Å². The first-order chi connectivity index (χ1) is 18.8. The molecule has 0 aliphatic rings. The fraction of sp³-hybridized carbons (Fsp3) is 0.0303. The maximum Gasteiger partial charge on any atom is 0.205 e. The summed E-state index contributed by atoms with van der Waals surface area (Å²) in [5.41, 5.74) is 5.49. The van der Waals surface area contributed by atoms with Gasteiger partial charge in [0.1, 0.15) is 0 Å². The van der Waals surface area contributed by atoms with E-state index in [-0.39, 0.29) is 0 Å². The number of rotatable bonds is 6. The molecule has 5 heteroatoms. The molecule has 0 bridgehead atoms. The second-order valence-corrected chi connectivity index (χ2v) is 8.95. The third-order valence-corrected chi connectivity index (χ3v) is 6.77. The topological polar surface area (TPSA) is 67.4 Å². The van der Waals surface area contributed by atoms with Crippen molar-refractivity contribution >= 4 is 0 Å². The van der Waals surface area contributed by atoms with Gasteiger partial charge in [0.25, 0.3) is 0 Å². The minimum atomic E-state index is -0.833. The van der Waals surface area contributed by atoms with Crippen LogP contribution in [0.1, 0.15) is 22.3 Å². The Morgan fingerprint density at radius 3 is 1.68 bits per heavy atom. The van der Waals surface area contributed by atoms with Gasteiger partial charge in [-0.15, -0.1) is 15.0 Å². The van der Waals surface area contributed by atoms with Gasteiger partial charge in [0.15, 0.2) is 5.54 Å². The molecule has 0 fully saturated rings. The van der Waals surface area contributed by atoms with Gasteiger partial charge < -0.3 is 0 Å². The van der Waals surface area contributed by atoms with Gasteiger partial charge >= 0.3 is 0 Å². The van der Waals surface area contributed by atoms with Crippen LogP contribution in [0, 0.1) is 11.3 Å². The average Bonchev–Trinajstić information content (AvgIpc) is 3.50. The summed E-state index contributed by atoms with van der Waals surface area (Å²) in [6.07, 6.45) is 0. The van der Waals surface area contributed by atoms with Crippen LogP contribution < -0.4 is 0 Å². The van der Waals surface area contributed by atoms with Crippen LogP contribution in [0.4, 0.5) is 0 Å². The van der Waals surface area contributed by atoms with Gasteiger partial charge in [-0.2, -0.15) is 5.26 Å². The lowest BCUT2D eigenvalue weighted by Gasteiger charge is -2.34. The average molecular weight is 490 g/mol. The molecule has 1 aromatic heterocycles. The summed E-state index contributed by atoms with van der Waals surface area (Å²) in [5, 5.41) is 23.8. The molecular formula is C33H23N5. The van der Waals surface area contributed by atoms with Gasteiger partial charge in [-0.25, -0.2) is 0 Å². The molecule has 0 spiro atoms. The fourth-order valence-electron chi connectivity index (χ4n) is 5.01. The Labute approximate surface area is 221 Å². The highest BCUT2D eigenvalue weighted by molar-refractivity contribution is 5.74. The number of hydrogen-bond acceptors (Lipinski definition) is 4. The Kier molecular flexibility index (Phi) is 6.05. The van der Waals surface area contributed by atoms with Gasteiger partial charge in [-0.05, 0) is 45.2 Å².